The van der Waals surface area contributed by atoms with Crippen molar-refractivity contribution in [3.63, 3.8) is 0 Å². The van der Waals surface area contributed by atoms with Gasteiger partial charge >= 0.3 is 0 Å². The highest BCUT2D eigenvalue weighted by Gasteiger charge is 2.25. The maximum absolute atomic E-state index is 9.92. The van der Waals surface area contributed by atoms with Gasteiger partial charge in [-0.15, -0.1) is 0 Å². The second-order valence-electron chi connectivity index (χ2n) is 5.67. The van der Waals surface area contributed by atoms with E-state index in [2.05, 4.69) is 20.1 Å². The Bertz CT molecular complexity index is 762. The lowest BCUT2D eigenvalue weighted by atomic mass is 10.1. The molecule has 4 rings (SSSR count). The molecule has 1 saturated carbocycles. The Balaban J connectivity index is 1.63. The van der Waals surface area contributed by atoms with Gasteiger partial charge in [-0.1, -0.05) is 6.42 Å². The number of fused-ring (bicyclic) bond motifs is 1. The fraction of sp³-hybridized carbons (Fsp3) is 0.400. The van der Waals surface area contributed by atoms with Crippen molar-refractivity contribution in [2.75, 3.05) is 0 Å². The molecule has 0 saturated heterocycles. The molecule has 3 aromatic heterocycles. The Morgan fingerprint density at radius 1 is 1.33 bits per heavy atom. The number of aliphatic hydroxyl groups is 1. The van der Waals surface area contributed by atoms with Crippen LogP contribution < -0.4 is 0 Å². The van der Waals surface area contributed by atoms with Gasteiger partial charge in [-0.3, -0.25) is 4.68 Å². The zero-order chi connectivity index (χ0) is 14.2. The van der Waals surface area contributed by atoms with Crippen LogP contribution in [0.5, 0.6) is 0 Å². The van der Waals surface area contributed by atoms with Crippen LogP contribution in [-0.2, 0) is 6.54 Å². The molecule has 1 aliphatic rings. The van der Waals surface area contributed by atoms with E-state index in [1.165, 1.54) is 0 Å². The Morgan fingerprint density at radius 3 is 3.14 bits per heavy atom. The third-order valence-electron chi connectivity index (χ3n) is 4.30. The van der Waals surface area contributed by atoms with Gasteiger partial charge in [-0.05, 0) is 18.9 Å². The van der Waals surface area contributed by atoms with E-state index in [0.717, 1.165) is 48.1 Å². The summed E-state index contributed by atoms with van der Waals surface area (Å²) in [6.07, 6.45) is 10.2. The molecule has 2 N–H and O–H groups in total. The monoisotopic (exact) mass is 283 g/mol. The second-order valence-corrected chi connectivity index (χ2v) is 5.67. The van der Waals surface area contributed by atoms with Crippen LogP contribution in [0.1, 0.15) is 19.3 Å². The third kappa shape index (κ3) is 2.21. The molecule has 108 valence electrons. The van der Waals surface area contributed by atoms with Crippen LogP contribution in [0.4, 0.5) is 0 Å². The summed E-state index contributed by atoms with van der Waals surface area (Å²) in [5, 5.41) is 15.3. The summed E-state index contributed by atoms with van der Waals surface area (Å²) in [6, 6.07) is 1.97. The first-order valence-electron chi connectivity index (χ1n) is 7.30. The number of aromatic amines is 1. The topological polar surface area (TPSA) is 79.6 Å². The number of H-pyrrole nitrogens is 1. The Kier molecular flexibility index (Phi) is 2.96. The first-order valence-corrected chi connectivity index (χ1v) is 7.30. The number of rotatable bonds is 3. The average Bonchev–Trinajstić information content (AvgIpc) is 3.21. The van der Waals surface area contributed by atoms with E-state index in [4.69, 9.17) is 0 Å². The van der Waals surface area contributed by atoms with E-state index in [9.17, 15) is 5.11 Å². The smallest absolute Gasteiger partial charge is 0.141 e. The molecule has 0 unspecified atom stereocenters. The van der Waals surface area contributed by atoms with Crippen molar-refractivity contribution in [1.29, 1.82) is 0 Å². The molecule has 2 atom stereocenters. The first-order chi connectivity index (χ1) is 10.3. The molecule has 0 bridgehead atoms. The number of hydrogen-bond donors (Lipinski definition) is 2. The van der Waals surface area contributed by atoms with Crippen molar-refractivity contribution in [2.24, 2.45) is 5.92 Å². The molecule has 0 amide bonds. The molecule has 3 heterocycles. The average molecular weight is 283 g/mol. The minimum atomic E-state index is -0.187. The molecule has 0 aliphatic heterocycles. The molecule has 0 spiro atoms. The van der Waals surface area contributed by atoms with E-state index in [1.807, 2.05) is 29.3 Å². The molecule has 1 fully saturated rings. The summed E-state index contributed by atoms with van der Waals surface area (Å²) in [4.78, 5) is 11.7. The standard InChI is InChI=1S/C15H17N5O/c21-13-3-1-2-10(13)7-20-8-11(6-19-20)14-12-4-5-16-15(12)18-9-17-14/h4-6,8-10,13,21H,1-3,7H2,(H,16,17,18)/t10-,13-/m1/s1. The fourth-order valence-electron chi connectivity index (χ4n) is 3.16. The zero-order valence-corrected chi connectivity index (χ0v) is 11.6. The van der Waals surface area contributed by atoms with Crippen LogP contribution in [-0.4, -0.2) is 35.9 Å². The van der Waals surface area contributed by atoms with Crippen LogP contribution in [0, 0.1) is 5.92 Å². The number of hydrogen-bond acceptors (Lipinski definition) is 4. The molecule has 3 aromatic rings. The van der Waals surface area contributed by atoms with Crippen LogP contribution in [0.3, 0.4) is 0 Å². The summed E-state index contributed by atoms with van der Waals surface area (Å²) < 4.78 is 1.91. The predicted octanol–water partition coefficient (Wildman–Crippen LogP) is 1.98. The molecule has 1 aliphatic carbocycles. The Labute approximate surface area is 121 Å². The Hall–Kier alpha value is -2.21. The number of aromatic nitrogens is 5. The van der Waals surface area contributed by atoms with Crippen molar-refractivity contribution >= 4 is 11.0 Å². The van der Waals surface area contributed by atoms with Gasteiger partial charge in [-0.25, -0.2) is 9.97 Å². The van der Waals surface area contributed by atoms with Gasteiger partial charge in [0.15, 0.2) is 0 Å². The number of nitrogens with zero attached hydrogens (tertiary/aromatic N) is 4. The highest BCUT2D eigenvalue weighted by atomic mass is 16.3. The van der Waals surface area contributed by atoms with Crippen molar-refractivity contribution in [1.82, 2.24) is 24.7 Å². The van der Waals surface area contributed by atoms with Crippen LogP contribution in [0.2, 0.25) is 0 Å². The van der Waals surface area contributed by atoms with E-state index >= 15 is 0 Å². The lowest BCUT2D eigenvalue weighted by Crippen LogP contribution is -2.19. The molecule has 0 radical (unpaired) electrons. The highest BCUT2D eigenvalue weighted by Crippen LogP contribution is 2.28. The normalized spacial score (nSPS) is 22.1. The summed E-state index contributed by atoms with van der Waals surface area (Å²) in [5.41, 5.74) is 2.70. The third-order valence-corrected chi connectivity index (χ3v) is 4.30. The quantitative estimate of drug-likeness (QED) is 0.770. The van der Waals surface area contributed by atoms with Crippen LogP contribution in [0.15, 0.2) is 31.0 Å². The van der Waals surface area contributed by atoms with Crippen molar-refractivity contribution in [2.45, 2.75) is 31.9 Å². The predicted molar refractivity (Wildman–Crippen MR) is 78.5 cm³/mol. The molecule has 6 heteroatoms. The van der Waals surface area contributed by atoms with Gasteiger partial charge in [0, 0.05) is 35.8 Å². The van der Waals surface area contributed by atoms with E-state index in [-0.39, 0.29) is 6.10 Å². The number of nitrogens with one attached hydrogen (secondary N) is 1. The molecule has 6 nitrogen and oxygen atoms in total. The lowest BCUT2D eigenvalue weighted by molar-refractivity contribution is 0.121. The SMILES string of the molecule is O[C@@H]1CCC[C@@H]1Cn1cc(-c2ncnc3[nH]ccc23)cn1. The molecule has 0 aromatic carbocycles. The van der Waals surface area contributed by atoms with Gasteiger partial charge in [-0.2, -0.15) is 5.10 Å². The van der Waals surface area contributed by atoms with E-state index in [1.54, 1.807) is 6.33 Å². The van der Waals surface area contributed by atoms with Gasteiger partial charge in [0.25, 0.3) is 0 Å². The highest BCUT2D eigenvalue weighted by molar-refractivity contribution is 5.89. The van der Waals surface area contributed by atoms with E-state index < -0.39 is 0 Å². The van der Waals surface area contributed by atoms with Crippen molar-refractivity contribution < 1.29 is 5.11 Å². The Morgan fingerprint density at radius 2 is 2.29 bits per heavy atom. The zero-order valence-electron chi connectivity index (χ0n) is 11.6. The maximum atomic E-state index is 9.92. The molecular weight excluding hydrogens is 266 g/mol. The van der Waals surface area contributed by atoms with Crippen molar-refractivity contribution in [3.8, 4) is 11.3 Å². The van der Waals surface area contributed by atoms with Crippen LogP contribution in [0.25, 0.3) is 22.3 Å². The molecule has 21 heavy (non-hydrogen) atoms. The lowest BCUT2D eigenvalue weighted by Gasteiger charge is -2.13. The second kappa shape index (κ2) is 4.96. The summed E-state index contributed by atoms with van der Waals surface area (Å²) >= 11 is 0. The van der Waals surface area contributed by atoms with E-state index in [0.29, 0.717) is 5.92 Å². The van der Waals surface area contributed by atoms with Crippen LogP contribution >= 0.6 is 0 Å². The maximum Gasteiger partial charge on any atom is 0.141 e. The van der Waals surface area contributed by atoms with Gasteiger partial charge in [0.2, 0.25) is 0 Å². The summed E-state index contributed by atoms with van der Waals surface area (Å²) in [7, 11) is 0. The first kappa shape index (κ1) is 12.5. The van der Waals surface area contributed by atoms with Gasteiger partial charge in [0.05, 0.1) is 18.0 Å². The number of aliphatic hydroxyl groups excluding tert-OH is 1. The van der Waals surface area contributed by atoms with Gasteiger partial charge < -0.3 is 10.1 Å². The minimum Gasteiger partial charge on any atom is -0.393 e. The largest absolute Gasteiger partial charge is 0.393 e. The van der Waals surface area contributed by atoms with Gasteiger partial charge in [0.1, 0.15) is 12.0 Å². The minimum absolute atomic E-state index is 0.187. The fourth-order valence-corrected chi connectivity index (χ4v) is 3.16. The summed E-state index contributed by atoms with van der Waals surface area (Å²) in [6.45, 7) is 0.766. The molecular formula is C15H17N5O. The van der Waals surface area contributed by atoms with Crippen molar-refractivity contribution in [3.05, 3.63) is 31.0 Å². The summed E-state index contributed by atoms with van der Waals surface area (Å²) in [5.74, 6) is 0.315.